The molecule has 1 heterocycles. The molecule has 1 aromatic rings. The van der Waals surface area contributed by atoms with Crippen LogP contribution in [0.4, 0.5) is 4.39 Å². The average Bonchev–Trinajstić information content (AvgIpc) is 2.79. The molecule has 92 valence electrons. The van der Waals surface area contributed by atoms with Crippen LogP contribution in [-0.2, 0) is 11.4 Å². The van der Waals surface area contributed by atoms with Crippen molar-refractivity contribution in [2.75, 3.05) is 6.54 Å². The summed E-state index contributed by atoms with van der Waals surface area (Å²) in [6.45, 7) is 0.200. The van der Waals surface area contributed by atoms with Gasteiger partial charge < -0.3 is 15.5 Å². The standard InChI is InChI=1S/C12H14FNO3/c13-10-2-1-7(6-15)3-9(10)11-4-8(5-14-11)12(16)17/h1-3,8,11,14-15H,4-6H2,(H,16,17). The molecule has 4 nitrogen and oxygen atoms in total. The fourth-order valence-electron chi connectivity index (χ4n) is 2.12. The summed E-state index contributed by atoms with van der Waals surface area (Å²) in [5, 5.41) is 20.9. The summed E-state index contributed by atoms with van der Waals surface area (Å²) in [6.07, 6.45) is 0.376. The summed E-state index contributed by atoms with van der Waals surface area (Å²) >= 11 is 0. The van der Waals surface area contributed by atoms with Crippen molar-refractivity contribution in [3.63, 3.8) is 0 Å². The second-order valence-electron chi connectivity index (χ2n) is 4.25. The molecule has 2 rings (SSSR count). The number of halogens is 1. The van der Waals surface area contributed by atoms with Gasteiger partial charge >= 0.3 is 5.97 Å². The highest BCUT2D eigenvalue weighted by Crippen LogP contribution is 2.29. The van der Waals surface area contributed by atoms with Gasteiger partial charge in [-0.3, -0.25) is 4.79 Å². The zero-order valence-electron chi connectivity index (χ0n) is 9.19. The summed E-state index contributed by atoms with van der Waals surface area (Å²) in [5.41, 5.74) is 1.06. The number of benzene rings is 1. The van der Waals surface area contributed by atoms with Gasteiger partial charge in [0.15, 0.2) is 0 Å². The van der Waals surface area contributed by atoms with Crippen molar-refractivity contribution in [1.82, 2.24) is 5.32 Å². The molecule has 1 aliphatic heterocycles. The summed E-state index contributed by atoms with van der Waals surface area (Å²) in [7, 11) is 0. The van der Waals surface area contributed by atoms with Crippen LogP contribution in [0.25, 0.3) is 0 Å². The summed E-state index contributed by atoms with van der Waals surface area (Å²) < 4.78 is 13.6. The maximum Gasteiger partial charge on any atom is 0.307 e. The number of carbonyl (C=O) groups is 1. The van der Waals surface area contributed by atoms with Gasteiger partial charge in [0.1, 0.15) is 5.82 Å². The Balaban J connectivity index is 2.20. The monoisotopic (exact) mass is 239 g/mol. The van der Waals surface area contributed by atoms with E-state index in [1.807, 2.05) is 0 Å². The number of carboxylic acid groups (broad SMARTS) is 1. The minimum Gasteiger partial charge on any atom is -0.481 e. The normalized spacial score (nSPS) is 23.9. The van der Waals surface area contributed by atoms with Crippen molar-refractivity contribution in [2.24, 2.45) is 5.92 Å². The van der Waals surface area contributed by atoms with E-state index < -0.39 is 11.9 Å². The molecular weight excluding hydrogens is 225 g/mol. The van der Waals surface area contributed by atoms with Crippen LogP contribution in [0.5, 0.6) is 0 Å². The zero-order chi connectivity index (χ0) is 12.4. The molecule has 0 radical (unpaired) electrons. The van der Waals surface area contributed by atoms with Gasteiger partial charge in [-0.1, -0.05) is 6.07 Å². The molecule has 0 bridgehead atoms. The SMILES string of the molecule is O=C(O)C1CNC(c2cc(CO)ccc2F)C1. The Morgan fingerprint density at radius 2 is 2.29 bits per heavy atom. The zero-order valence-corrected chi connectivity index (χ0v) is 9.19. The Kier molecular flexibility index (Phi) is 3.40. The number of hydrogen-bond acceptors (Lipinski definition) is 3. The summed E-state index contributed by atoms with van der Waals surface area (Å²) in [6, 6.07) is 4.11. The molecule has 0 aromatic heterocycles. The van der Waals surface area contributed by atoms with Crippen molar-refractivity contribution >= 4 is 5.97 Å². The van der Waals surface area contributed by atoms with E-state index in [0.29, 0.717) is 24.1 Å². The second kappa shape index (κ2) is 4.81. The molecule has 1 fully saturated rings. The Morgan fingerprint density at radius 3 is 2.88 bits per heavy atom. The topological polar surface area (TPSA) is 69.6 Å². The second-order valence-corrected chi connectivity index (χ2v) is 4.25. The first kappa shape index (κ1) is 12.0. The van der Waals surface area contributed by atoms with Crippen molar-refractivity contribution in [1.29, 1.82) is 0 Å². The first-order chi connectivity index (χ1) is 8.11. The molecule has 1 aliphatic rings. The van der Waals surface area contributed by atoms with Crippen LogP contribution in [0.15, 0.2) is 18.2 Å². The Bertz CT molecular complexity index is 436. The third-order valence-corrected chi connectivity index (χ3v) is 3.10. The lowest BCUT2D eigenvalue weighted by Crippen LogP contribution is -2.17. The van der Waals surface area contributed by atoms with Gasteiger partial charge in [0.05, 0.1) is 12.5 Å². The Morgan fingerprint density at radius 1 is 1.53 bits per heavy atom. The van der Waals surface area contributed by atoms with E-state index in [-0.39, 0.29) is 18.5 Å². The van der Waals surface area contributed by atoms with E-state index in [9.17, 15) is 9.18 Å². The molecule has 17 heavy (non-hydrogen) atoms. The minimum absolute atomic E-state index is 0.150. The van der Waals surface area contributed by atoms with Crippen LogP contribution in [0.2, 0.25) is 0 Å². The van der Waals surface area contributed by atoms with E-state index in [4.69, 9.17) is 10.2 Å². The lowest BCUT2D eigenvalue weighted by molar-refractivity contribution is -0.141. The number of aliphatic carboxylic acids is 1. The summed E-state index contributed by atoms with van der Waals surface area (Å²) in [5.74, 6) is -1.71. The molecule has 0 amide bonds. The molecule has 2 unspecified atom stereocenters. The van der Waals surface area contributed by atoms with E-state index in [1.54, 1.807) is 6.07 Å². The number of hydrogen-bond donors (Lipinski definition) is 3. The molecular formula is C12H14FNO3. The van der Waals surface area contributed by atoms with Crippen molar-refractivity contribution < 1.29 is 19.4 Å². The maximum absolute atomic E-state index is 13.6. The highest BCUT2D eigenvalue weighted by Gasteiger charge is 2.31. The molecule has 1 aromatic carbocycles. The number of aliphatic hydroxyl groups excluding tert-OH is 1. The van der Waals surface area contributed by atoms with E-state index in [0.717, 1.165) is 0 Å². The quantitative estimate of drug-likeness (QED) is 0.737. The Hall–Kier alpha value is -1.46. The first-order valence-corrected chi connectivity index (χ1v) is 5.47. The van der Waals surface area contributed by atoms with Gasteiger partial charge in [0.25, 0.3) is 0 Å². The maximum atomic E-state index is 13.6. The molecule has 0 saturated carbocycles. The molecule has 3 N–H and O–H groups in total. The first-order valence-electron chi connectivity index (χ1n) is 5.47. The van der Waals surface area contributed by atoms with Gasteiger partial charge in [0.2, 0.25) is 0 Å². The van der Waals surface area contributed by atoms with E-state index in [1.165, 1.54) is 12.1 Å². The number of rotatable bonds is 3. The van der Waals surface area contributed by atoms with Crippen LogP contribution in [0.1, 0.15) is 23.6 Å². The largest absolute Gasteiger partial charge is 0.481 e. The van der Waals surface area contributed by atoms with E-state index >= 15 is 0 Å². The third-order valence-electron chi connectivity index (χ3n) is 3.10. The number of aliphatic hydroxyl groups is 1. The van der Waals surface area contributed by atoms with Crippen molar-refractivity contribution in [3.8, 4) is 0 Å². The van der Waals surface area contributed by atoms with Crippen LogP contribution < -0.4 is 5.32 Å². The van der Waals surface area contributed by atoms with Gasteiger partial charge in [-0.15, -0.1) is 0 Å². The van der Waals surface area contributed by atoms with Crippen LogP contribution >= 0.6 is 0 Å². The highest BCUT2D eigenvalue weighted by atomic mass is 19.1. The Labute approximate surface area is 98.1 Å². The van der Waals surface area contributed by atoms with Crippen LogP contribution in [0, 0.1) is 11.7 Å². The van der Waals surface area contributed by atoms with Crippen LogP contribution in [-0.4, -0.2) is 22.7 Å². The summed E-state index contributed by atoms with van der Waals surface area (Å²) in [4.78, 5) is 10.8. The highest BCUT2D eigenvalue weighted by molar-refractivity contribution is 5.70. The van der Waals surface area contributed by atoms with E-state index in [2.05, 4.69) is 5.32 Å². The van der Waals surface area contributed by atoms with Gasteiger partial charge in [-0.25, -0.2) is 4.39 Å². The molecule has 1 saturated heterocycles. The predicted molar refractivity (Wildman–Crippen MR) is 58.8 cm³/mol. The molecule has 0 spiro atoms. The van der Waals surface area contributed by atoms with Gasteiger partial charge in [0, 0.05) is 18.2 Å². The predicted octanol–water partition coefficient (Wildman–Crippen LogP) is 1.05. The average molecular weight is 239 g/mol. The fourth-order valence-corrected chi connectivity index (χ4v) is 2.12. The lowest BCUT2D eigenvalue weighted by atomic mass is 9.98. The third kappa shape index (κ3) is 2.45. The van der Waals surface area contributed by atoms with Crippen molar-refractivity contribution in [3.05, 3.63) is 35.1 Å². The van der Waals surface area contributed by atoms with Gasteiger partial charge in [-0.2, -0.15) is 0 Å². The van der Waals surface area contributed by atoms with Crippen molar-refractivity contribution in [2.45, 2.75) is 19.1 Å². The minimum atomic E-state index is -0.862. The number of nitrogens with one attached hydrogen (secondary N) is 1. The van der Waals surface area contributed by atoms with Gasteiger partial charge in [-0.05, 0) is 24.1 Å². The smallest absolute Gasteiger partial charge is 0.307 e. The molecule has 0 aliphatic carbocycles. The molecule has 2 atom stereocenters. The lowest BCUT2D eigenvalue weighted by Gasteiger charge is -2.12. The number of carboxylic acids is 1. The fraction of sp³-hybridized carbons (Fsp3) is 0.417. The van der Waals surface area contributed by atoms with Crippen LogP contribution in [0.3, 0.4) is 0 Å². The molecule has 5 heteroatoms.